The van der Waals surface area contributed by atoms with Crippen LogP contribution in [-0.2, 0) is 29.1 Å². The molecule has 0 aliphatic carbocycles. The molecule has 3 aromatic rings. The van der Waals surface area contributed by atoms with E-state index in [9.17, 15) is 14.7 Å². The number of hydrazone groups is 1. The number of aliphatic carboxylic acids is 1. The predicted molar refractivity (Wildman–Crippen MR) is 136 cm³/mol. The Labute approximate surface area is 209 Å². The number of carbonyl (C=O) groups excluding carboxylic acids is 1. The second-order valence-corrected chi connectivity index (χ2v) is 8.45. The van der Waals surface area contributed by atoms with E-state index in [0.29, 0.717) is 24.4 Å². The highest BCUT2D eigenvalue weighted by Crippen LogP contribution is 2.27. The third-order valence-electron chi connectivity index (χ3n) is 5.91. The first-order valence-corrected chi connectivity index (χ1v) is 11.6. The number of ether oxygens (including phenoxy) is 1. The SMILES string of the molecule is COc1cccc(CC(NCc2ccccn2)=C2C(=O)N(Cc3ccccc3)N=C2C(C)C(=O)O)c1. The summed E-state index contributed by atoms with van der Waals surface area (Å²) in [7, 11) is 1.60. The fourth-order valence-electron chi connectivity index (χ4n) is 3.96. The fraction of sp³-hybridized carbons (Fsp3) is 0.214. The smallest absolute Gasteiger partial charge is 0.312 e. The lowest BCUT2D eigenvalue weighted by molar-refractivity contribution is -0.138. The van der Waals surface area contributed by atoms with Crippen LogP contribution >= 0.6 is 0 Å². The van der Waals surface area contributed by atoms with Crippen LogP contribution in [0.25, 0.3) is 0 Å². The fourth-order valence-corrected chi connectivity index (χ4v) is 3.96. The molecule has 4 rings (SSSR count). The van der Waals surface area contributed by atoms with Crippen molar-refractivity contribution in [3.8, 4) is 5.75 Å². The number of pyridine rings is 1. The third kappa shape index (κ3) is 5.78. The molecule has 1 aliphatic heterocycles. The molecular weight excluding hydrogens is 456 g/mol. The summed E-state index contributed by atoms with van der Waals surface area (Å²) in [5, 5.41) is 19.0. The molecule has 2 heterocycles. The number of carbonyl (C=O) groups is 2. The van der Waals surface area contributed by atoms with Crippen LogP contribution in [0, 0.1) is 5.92 Å². The molecule has 8 heteroatoms. The molecule has 0 saturated carbocycles. The number of hydrogen-bond acceptors (Lipinski definition) is 6. The Morgan fingerprint density at radius 1 is 1.06 bits per heavy atom. The van der Waals surface area contributed by atoms with Crippen molar-refractivity contribution in [2.45, 2.75) is 26.4 Å². The summed E-state index contributed by atoms with van der Waals surface area (Å²) in [6.07, 6.45) is 2.06. The maximum absolute atomic E-state index is 13.7. The van der Waals surface area contributed by atoms with Gasteiger partial charge in [-0.3, -0.25) is 14.6 Å². The lowest BCUT2D eigenvalue weighted by Crippen LogP contribution is -2.29. The first-order chi connectivity index (χ1) is 17.5. The normalized spacial score (nSPS) is 15.3. The second kappa shape index (κ2) is 11.3. The molecule has 0 spiro atoms. The number of carboxylic acid groups (broad SMARTS) is 1. The van der Waals surface area contributed by atoms with Gasteiger partial charge in [-0.1, -0.05) is 48.5 Å². The number of nitrogens with zero attached hydrogens (tertiary/aromatic N) is 3. The van der Waals surface area contributed by atoms with Crippen LogP contribution in [0.2, 0.25) is 0 Å². The number of allylic oxidation sites excluding steroid dienone is 1. The maximum Gasteiger partial charge on any atom is 0.312 e. The monoisotopic (exact) mass is 484 g/mol. The molecule has 1 aliphatic rings. The number of aromatic nitrogens is 1. The number of carboxylic acids is 1. The van der Waals surface area contributed by atoms with Crippen LogP contribution in [0.15, 0.2) is 95.4 Å². The molecule has 1 amide bonds. The van der Waals surface area contributed by atoms with Crippen molar-refractivity contribution in [2.24, 2.45) is 11.0 Å². The van der Waals surface area contributed by atoms with Gasteiger partial charge in [0.15, 0.2) is 0 Å². The Balaban J connectivity index is 1.76. The van der Waals surface area contributed by atoms with E-state index in [1.165, 1.54) is 5.01 Å². The Kier molecular flexibility index (Phi) is 7.75. The summed E-state index contributed by atoms with van der Waals surface area (Å²) < 4.78 is 5.36. The molecule has 36 heavy (non-hydrogen) atoms. The molecule has 1 aromatic heterocycles. The molecule has 1 atom stereocenters. The van der Waals surface area contributed by atoms with Crippen molar-refractivity contribution in [3.63, 3.8) is 0 Å². The van der Waals surface area contributed by atoms with E-state index in [4.69, 9.17) is 4.74 Å². The van der Waals surface area contributed by atoms with Gasteiger partial charge in [0.1, 0.15) is 5.75 Å². The molecule has 2 N–H and O–H groups in total. The van der Waals surface area contributed by atoms with Crippen molar-refractivity contribution in [1.82, 2.24) is 15.3 Å². The number of methoxy groups -OCH3 is 1. The minimum Gasteiger partial charge on any atom is -0.497 e. The molecule has 0 radical (unpaired) electrons. The Morgan fingerprint density at radius 3 is 2.50 bits per heavy atom. The largest absolute Gasteiger partial charge is 0.497 e. The molecule has 2 aromatic carbocycles. The number of benzene rings is 2. The summed E-state index contributed by atoms with van der Waals surface area (Å²) >= 11 is 0. The van der Waals surface area contributed by atoms with Crippen LogP contribution in [0.4, 0.5) is 0 Å². The summed E-state index contributed by atoms with van der Waals surface area (Å²) in [5.41, 5.74) is 3.68. The highest BCUT2D eigenvalue weighted by atomic mass is 16.5. The molecule has 184 valence electrons. The van der Waals surface area contributed by atoms with Crippen molar-refractivity contribution in [3.05, 3.63) is 107 Å². The average molecular weight is 485 g/mol. The molecular formula is C28H28N4O4. The number of rotatable bonds is 10. The number of nitrogens with one attached hydrogen (secondary N) is 1. The van der Waals surface area contributed by atoms with Crippen molar-refractivity contribution in [1.29, 1.82) is 0 Å². The van der Waals surface area contributed by atoms with Crippen molar-refractivity contribution >= 4 is 17.6 Å². The van der Waals surface area contributed by atoms with Crippen LogP contribution < -0.4 is 10.1 Å². The first-order valence-electron chi connectivity index (χ1n) is 11.6. The lowest BCUT2D eigenvalue weighted by Gasteiger charge is -2.17. The summed E-state index contributed by atoms with van der Waals surface area (Å²) in [4.78, 5) is 30.0. The average Bonchev–Trinajstić information content (AvgIpc) is 3.22. The van der Waals surface area contributed by atoms with Gasteiger partial charge >= 0.3 is 5.97 Å². The van der Waals surface area contributed by atoms with Crippen LogP contribution in [0.5, 0.6) is 5.75 Å². The van der Waals surface area contributed by atoms with Crippen molar-refractivity contribution < 1.29 is 19.4 Å². The number of hydrogen-bond donors (Lipinski definition) is 2. The van der Waals surface area contributed by atoms with E-state index in [2.05, 4.69) is 15.4 Å². The third-order valence-corrected chi connectivity index (χ3v) is 5.91. The van der Waals surface area contributed by atoms with Gasteiger partial charge in [0.05, 0.1) is 43.1 Å². The minimum atomic E-state index is -1.05. The van der Waals surface area contributed by atoms with Gasteiger partial charge in [0.2, 0.25) is 0 Å². The highest BCUT2D eigenvalue weighted by Gasteiger charge is 2.38. The van der Waals surface area contributed by atoms with E-state index in [1.54, 1.807) is 20.2 Å². The van der Waals surface area contributed by atoms with E-state index in [0.717, 1.165) is 16.8 Å². The molecule has 0 bridgehead atoms. The van der Waals surface area contributed by atoms with Gasteiger partial charge in [0, 0.05) is 18.3 Å². The molecule has 8 nitrogen and oxygen atoms in total. The zero-order valence-corrected chi connectivity index (χ0v) is 20.2. The van der Waals surface area contributed by atoms with Gasteiger partial charge in [-0.25, -0.2) is 5.01 Å². The Hall–Kier alpha value is -4.46. The van der Waals surface area contributed by atoms with E-state index >= 15 is 0 Å². The topological polar surface area (TPSA) is 104 Å². The highest BCUT2D eigenvalue weighted by molar-refractivity contribution is 6.29. The molecule has 0 fully saturated rings. The van der Waals surface area contributed by atoms with Gasteiger partial charge < -0.3 is 15.2 Å². The second-order valence-electron chi connectivity index (χ2n) is 8.45. The summed E-state index contributed by atoms with van der Waals surface area (Å²) in [5.74, 6) is -1.67. The lowest BCUT2D eigenvalue weighted by atomic mass is 9.94. The molecule has 0 saturated heterocycles. The van der Waals surface area contributed by atoms with Gasteiger partial charge in [-0.05, 0) is 42.3 Å². The van der Waals surface area contributed by atoms with Gasteiger partial charge in [0.25, 0.3) is 5.91 Å². The molecule has 1 unspecified atom stereocenters. The van der Waals surface area contributed by atoms with E-state index in [1.807, 2.05) is 72.8 Å². The zero-order chi connectivity index (χ0) is 25.5. The summed E-state index contributed by atoms with van der Waals surface area (Å²) in [6, 6.07) is 22.6. The zero-order valence-electron chi connectivity index (χ0n) is 20.2. The van der Waals surface area contributed by atoms with Gasteiger partial charge in [-0.2, -0.15) is 5.10 Å². The number of amides is 1. The predicted octanol–water partition coefficient (Wildman–Crippen LogP) is 3.80. The van der Waals surface area contributed by atoms with E-state index < -0.39 is 11.9 Å². The quantitative estimate of drug-likeness (QED) is 0.424. The summed E-state index contributed by atoms with van der Waals surface area (Å²) in [6.45, 7) is 2.15. The van der Waals surface area contributed by atoms with E-state index in [-0.39, 0.29) is 23.7 Å². The van der Waals surface area contributed by atoms with Crippen molar-refractivity contribution in [2.75, 3.05) is 7.11 Å². The Morgan fingerprint density at radius 2 is 1.81 bits per heavy atom. The van der Waals surface area contributed by atoms with Gasteiger partial charge in [-0.15, -0.1) is 0 Å². The van der Waals surface area contributed by atoms with Crippen LogP contribution in [-0.4, -0.2) is 39.8 Å². The maximum atomic E-state index is 13.7. The van der Waals surface area contributed by atoms with Crippen LogP contribution in [0.3, 0.4) is 0 Å². The standard InChI is InChI=1S/C28H28N4O4/c1-19(28(34)35)26-25(27(33)32(31-26)18-20-9-4-3-5-10-20)24(30-17-22-12-6-7-14-29-22)16-21-11-8-13-23(15-21)36-2/h3-15,19,30H,16-18H2,1-2H3,(H,34,35). The Bertz CT molecular complexity index is 1290. The first kappa shape index (κ1) is 24.7. The van der Waals surface area contributed by atoms with Crippen LogP contribution in [0.1, 0.15) is 23.7 Å². The minimum absolute atomic E-state index is 0.231.